The van der Waals surface area contributed by atoms with Crippen LogP contribution in [0.1, 0.15) is 12.8 Å². The summed E-state index contributed by atoms with van der Waals surface area (Å²) in [6.07, 6.45) is 4.60. The van der Waals surface area contributed by atoms with Crippen LogP contribution in [0.3, 0.4) is 0 Å². The molecule has 3 aromatic heterocycles. The topological polar surface area (TPSA) is 105 Å². The Bertz CT molecular complexity index is 1370. The van der Waals surface area contributed by atoms with E-state index in [0.717, 1.165) is 37.6 Å². The van der Waals surface area contributed by atoms with Crippen LogP contribution in [0.15, 0.2) is 30.6 Å². The first kappa shape index (κ1) is 19.2. The largest absolute Gasteiger partial charge is 0.422 e. The number of fused-ring (bicyclic) bond motifs is 3. The van der Waals surface area contributed by atoms with E-state index in [0.29, 0.717) is 27.9 Å². The number of benzene rings is 1. The van der Waals surface area contributed by atoms with Gasteiger partial charge >= 0.3 is 6.01 Å². The Hall–Kier alpha value is -3.53. The zero-order valence-corrected chi connectivity index (χ0v) is 17.3. The van der Waals surface area contributed by atoms with Gasteiger partial charge in [0.1, 0.15) is 23.1 Å². The van der Waals surface area contributed by atoms with Gasteiger partial charge in [-0.25, -0.2) is 8.78 Å². The third kappa shape index (κ3) is 2.79. The number of hydrogen-bond acceptors (Lipinski definition) is 7. The van der Waals surface area contributed by atoms with E-state index in [1.54, 1.807) is 7.05 Å². The first-order chi connectivity index (χ1) is 15.5. The van der Waals surface area contributed by atoms with Gasteiger partial charge in [-0.3, -0.25) is 4.98 Å². The fourth-order valence-corrected chi connectivity index (χ4v) is 4.83. The summed E-state index contributed by atoms with van der Waals surface area (Å²) in [5.74, 6) is -0.0550. The fourth-order valence-electron chi connectivity index (χ4n) is 4.83. The summed E-state index contributed by atoms with van der Waals surface area (Å²) < 4.78 is 33.7. The van der Waals surface area contributed by atoms with Crippen molar-refractivity contribution in [3.63, 3.8) is 0 Å². The Labute approximate surface area is 181 Å². The Kier molecular flexibility index (Phi) is 4.03. The number of rotatable bonds is 4. The van der Waals surface area contributed by atoms with E-state index < -0.39 is 5.82 Å². The molecule has 4 aromatic rings. The van der Waals surface area contributed by atoms with E-state index in [1.807, 2.05) is 0 Å². The molecule has 0 bridgehead atoms. The minimum Gasteiger partial charge on any atom is -0.422 e. The van der Waals surface area contributed by atoms with Gasteiger partial charge in [0, 0.05) is 43.0 Å². The molecule has 1 aliphatic heterocycles. The minimum absolute atomic E-state index is 0.0526. The molecule has 4 N–H and O–H groups in total. The molecule has 1 aliphatic carbocycles. The van der Waals surface area contributed by atoms with Crippen molar-refractivity contribution in [2.45, 2.75) is 18.9 Å². The highest BCUT2D eigenvalue weighted by Crippen LogP contribution is 2.50. The number of pyridine rings is 1. The second-order valence-corrected chi connectivity index (χ2v) is 8.61. The molecule has 1 spiro atoms. The quantitative estimate of drug-likeness (QED) is 0.448. The number of hydrogen-bond donors (Lipinski definition) is 3. The number of aromatic amines is 1. The number of nitrogens with one attached hydrogen (secondary N) is 2. The molecule has 0 amide bonds. The van der Waals surface area contributed by atoms with Crippen molar-refractivity contribution in [1.82, 2.24) is 19.9 Å². The maximum atomic E-state index is 14.4. The van der Waals surface area contributed by atoms with Gasteiger partial charge in [0.05, 0.1) is 29.0 Å². The van der Waals surface area contributed by atoms with Crippen LogP contribution in [0, 0.1) is 17.0 Å². The van der Waals surface area contributed by atoms with Crippen molar-refractivity contribution in [3.8, 4) is 11.8 Å². The Balaban J connectivity index is 1.51. The van der Waals surface area contributed by atoms with E-state index in [2.05, 4.69) is 30.2 Å². The molecule has 164 valence electrons. The first-order valence-corrected chi connectivity index (χ1v) is 10.5. The van der Waals surface area contributed by atoms with Crippen LogP contribution in [0.25, 0.3) is 21.9 Å². The molecule has 10 heteroatoms. The van der Waals surface area contributed by atoms with Crippen LogP contribution in [0.5, 0.6) is 11.8 Å². The summed E-state index contributed by atoms with van der Waals surface area (Å²) in [5, 5.41) is 4.40. The summed E-state index contributed by atoms with van der Waals surface area (Å²) in [5.41, 5.74) is 8.20. The molecule has 1 atom stereocenters. The molecule has 6 rings (SSSR count). The maximum Gasteiger partial charge on any atom is 0.326 e. The first-order valence-electron chi connectivity index (χ1n) is 10.5. The van der Waals surface area contributed by atoms with Gasteiger partial charge in [-0.2, -0.15) is 9.97 Å². The monoisotopic (exact) mass is 437 g/mol. The van der Waals surface area contributed by atoms with Gasteiger partial charge in [-0.1, -0.05) is 0 Å². The summed E-state index contributed by atoms with van der Waals surface area (Å²) in [7, 11) is 1.73. The highest BCUT2D eigenvalue weighted by molar-refractivity contribution is 6.14. The number of nitrogens with zero attached hydrogens (tertiary/aromatic N) is 4. The van der Waals surface area contributed by atoms with Crippen LogP contribution < -0.4 is 20.7 Å². The summed E-state index contributed by atoms with van der Waals surface area (Å²) >= 11 is 0. The maximum absolute atomic E-state index is 14.4. The number of halogens is 2. The summed E-state index contributed by atoms with van der Waals surface area (Å²) in [6.45, 7) is 1.53. The van der Waals surface area contributed by atoms with E-state index in [9.17, 15) is 8.78 Å². The highest BCUT2D eigenvalue weighted by Gasteiger charge is 2.53. The zero-order valence-electron chi connectivity index (χ0n) is 17.3. The van der Waals surface area contributed by atoms with Crippen molar-refractivity contribution >= 4 is 33.4 Å². The lowest BCUT2D eigenvalue weighted by Crippen LogP contribution is -2.69. The molecule has 0 radical (unpaired) electrons. The third-order valence-corrected chi connectivity index (χ3v) is 6.69. The lowest BCUT2D eigenvalue weighted by molar-refractivity contribution is 0.0559. The van der Waals surface area contributed by atoms with Gasteiger partial charge in [0.25, 0.3) is 0 Å². The van der Waals surface area contributed by atoms with Crippen molar-refractivity contribution in [2.75, 3.05) is 30.4 Å². The third-order valence-electron chi connectivity index (χ3n) is 6.69. The van der Waals surface area contributed by atoms with Crippen molar-refractivity contribution in [3.05, 3.63) is 42.2 Å². The van der Waals surface area contributed by atoms with Gasteiger partial charge < -0.3 is 25.7 Å². The Morgan fingerprint density at radius 1 is 1.19 bits per heavy atom. The highest BCUT2D eigenvalue weighted by atomic mass is 19.1. The van der Waals surface area contributed by atoms with Crippen LogP contribution >= 0.6 is 0 Å². The number of nitrogens with two attached hydrogens (primary N) is 1. The average Bonchev–Trinajstić information content (AvgIpc) is 3.09. The normalized spacial score (nSPS) is 19.2. The van der Waals surface area contributed by atoms with Gasteiger partial charge in [-0.15, -0.1) is 0 Å². The fraction of sp³-hybridized carbons (Fsp3) is 0.318. The Morgan fingerprint density at radius 3 is 2.72 bits per heavy atom. The van der Waals surface area contributed by atoms with E-state index in [-0.39, 0.29) is 29.0 Å². The Morgan fingerprint density at radius 2 is 2.03 bits per heavy atom. The van der Waals surface area contributed by atoms with Crippen molar-refractivity contribution in [1.29, 1.82) is 0 Å². The SMILES string of the molecule is CNc1cc(F)cc2c1[nH]c1nc(Oc3cncc(F)c3)nc(N3CC4(CCC4N)C3)c12. The molecule has 1 saturated carbocycles. The van der Waals surface area contributed by atoms with Crippen molar-refractivity contribution in [2.24, 2.45) is 11.1 Å². The van der Waals surface area contributed by atoms with E-state index in [1.165, 1.54) is 24.4 Å². The van der Waals surface area contributed by atoms with E-state index in [4.69, 9.17) is 10.5 Å². The summed E-state index contributed by atoms with van der Waals surface area (Å²) in [4.78, 5) is 18.3. The van der Waals surface area contributed by atoms with Crippen molar-refractivity contribution < 1.29 is 13.5 Å². The molecule has 1 saturated heterocycles. The average molecular weight is 437 g/mol. The van der Waals surface area contributed by atoms with Gasteiger partial charge in [-0.05, 0) is 25.0 Å². The smallest absolute Gasteiger partial charge is 0.326 e. The summed E-state index contributed by atoms with van der Waals surface area (Å²) in [6, 6.07) is 4.35. The van der Waals surface area contributed by atoms with Crippen LogP contribution in [0.4, 0.5) is 20.3 Å². The molecule has 1 aromatic carbocycles. The zero-order chi connectivity index (χ0) is 22.0. The molecular weight excluding hydrogens is 416 g/mol. The molecule has 1 unspecified atom stereocenters. The van der Waals surface area contributed by atoms with Crippen LogP contribution in [-0.4, -0.2) is 46.1 Å². The molecule has 4 heterocycles. The predicted octanol–water partition coefficient (Wildman–Crippen LogP) is 3.55. The molecule has 2 fully saturated rings. The number of H-pyrrole nitrogens is 1. The predicted molar refractivity (Wildman–Crippen MR) is 117 cm³/mol. The van der Waals surface area contributed by atoms with Gasteiger partial charge in [0.2, 0.25) is 0 Å². The number of aromatic nitrogens is 4. The van der Waals surface area contributed by atoms with E-state index >= 15 is 0 Å². The molecule has 8 nitrogen and oxygen atoms in total. The van der Waals surface area contributed by atoms with Gasteiger partial charge in [0.15, 0.2) is 5.75 Å². The second-order valence-electron chi connectivity index (χ2n) is 8.61. The van der Waals surface area contributed by atoms with Crippen LogP contribution in [0.2, 0.25) is 0 Å². The molecular formula is C22H21F2N7O. The minimum atomic E-state index is -0.521. The molecule has 32 heavy (non-hydrogen) atoms. The molecule has 2 aliphatic rings. The standard InChI is InChI=1S/C22H21F2N7O/c1-26-15-6-11(23)5-14-17-19(28-18(14)15)29-21(32-13-4-12(24)7-27-8-13)30-20(17)31-9-22(10-31)3-2-16(22)25/h4-8,16,26H,2-3,9-10,25H2,1H3,(H,28,29,30). The second kappa shape index (κ2) is 6.73. The number of ether oxygens (including phenoxy) is 1. The number of anilines is 2. The lowest BCUT2D eigenvalue weighted by Gasteiger charge is -2.60. The van der Waals surface area contributed by atoms with Crippen LogP contribution in [-0.2, 0) is 0 Å². The lowest BCUT2D eigenvalue weighted by atomic mass is 9.60.